The van der Waals surface area contributed by atoms with E-state index in [4.69, 9.17) is 14.2 Å². The molecule has 0 fully saturated rings. The lowest BCUT2D eigenvalue weighted by molar-refractivity contribution is -0.149. The minimum Gasteiger partial charge on any atom is -0.493 e. The molecule has 10 nitrogen and oxygen atoms in total. The monoisotopic (exact) mass is 427 g/mol. The van der Waals surface area contributed by atoms with Gasteiger partial charge in [0.25, 0.3) is 11.5 Å². The summed E-state index contributed by atoms with van der Waals surface area (Å²) >= 11 is 0. The Balaban J connectivity index is 1.57. The van der Waals surface area contributed by atoms with E-state index in [1.54, 1.807) is 36.4 Å². The fourth-order valence-electron chi connectivity index (χ4n) is 2.96. The highest BCUT2D eigenvalue weighted by atomic mass is 16.5. The van der Waals surface area contributed by atoms with Crippen molar-refractivity contribution in [1.29, 1.82) is 0 Å². The van der Waals surface area contributed by atoms with E-state index < -0.39 is 36.3 Å². The highest BCUT2D eigenvalue weighted by molar-refractivity contribution is 5.82. The number of fused-ring (bicyclic) bond motifs is 1. The Kier molecular flexibility index (Phi) is 6.71. The third-order valence-corrected chi connectivity index (χ3v) is 4.49. The first-order valence-corrected chi connectivity index (χ1v) is 9.28. The molecule has 0 saturated heterocycles. The largest absolute Gasteiger partial charge is 0.493 e. The number of H-pyrrole nitrogens is 1. The minimum absolute atomic E-state index is 0.195. The SMILES string of the molecule is COc1ccc(CNC(=O)COC(=O)Cn2c(=O)[nH]c(=O)c3ccccc32)cc1OC. The van der Waals surface area contributed by atoms with Crippen LogP contribution in [0.25, 0.3) is 10.9 Å². The van der Waals surface area contributed by atoms with Gasteiger partial charge in [-0.25, -0.2) is 4.79 Å². The first-order chi connectivity index (χ1) is 14.9. The van der Waals surface area contributed by atoms with Crippen molar-refractivity contribution >= 4 is 22.8 Å². The average molecular weight is 427 g/mol. The van der Waals surface area contributed by atoms with E-state index in [0.29, 0.717) is 17.0 Å². The van der Waals surface area contributed by atoms with Gasteiger partial charge in [-0.05, 0) is 29.8 Å². The van der Waals surface area contributed by atoms with Crippen molar-refractivity contribution in [2.45, 2.75) is 13.1 Å². The van der Waals surface area contributed by atoms with Crippen molar-refractivity contribution in [2.75, 3.05) is 20.8 Å². The maximum atomic E-state index is 12.1. The Morgan fingerprint density at radius 3 is 2.52 bits per heavy atom. The van der Waals surface area contributed by atoms with Crippen molar-refractivity contribution in [3.8, 4) is 11.5 Å². The van der Waals surface area contributed by atoms with Crippen molar-refractivity contribution in [3.63, 3.8) is 0 Å². The van der Waals surface area contributed by atoms with Gasteiger partial charge in [-0.3, -0.25) is 23.9 Å². The van der Waals surface area contributed by atoms with Gasteiger partial charge in [0.15, 0.2) is 18.1 Å². The summed E-state index contributed by atoms with van der Waals surface area (Å²) in [7, 11) is 3.04. The first kappa shape index (κ1) is 21.6. The molecule has 0 unspecified atom stereocenters. The van der Waals surface area contributed by atoms with E-state index in [-0.39, 0.29) is 11.9 Å². The normalized spacial score (nSPS) is 10.5. The van der Waals surface area contributed by atoms with Crippen LogP contribution in [-0.4, -0.2) is 42.3 Å². The number of carbonyl (C=O) groups is 2. The molecule has 0 aliphatic rings. The molecule has 1 heterocycles. The van der Waals surface area contributed by atoms with E-state index >= 15 is 0 Å². The molecule has 0 radical (unpaired) electrons. The molecule has 2 aromatic carbocycles. The third-order valence-electron chi connectivity index (χ3n) is 4.49. The molecule has 1 amide bonds. The molecule has 0 bridgehead atoms. The maximum absolute atomic E-state index is 12.1. The van der Waals surface area contributed by atoms with Crippen molar-refractivity contribution in [2.24, 2.45) is 0 Å². The molecule has 0 spiro atoms. The second-order valence-electron chi connectivity index (χ2n) is 6.49. The summed E-state index contributed by atoms with van der Waals surface area (Å²) in [6, 6.07) is 11.6. The van der Waals surface area contributed by atoms with Gasteiger partial charge in [0, 0.05) is 6.54 Å². The number of carbonyl (C=O) groups excluding carboxylic acids is 2. The molecule has 0 atom stereocenters. The number of ether oxygens (including phenoxy) is 3. The Morgan fingerprint density at radius 2 is 1.77 bits per heavy atom. The summed E-state index contributed by atoms with van der Waals surface area (Å²) < 4.78 is 16.4. The van der Waals surface area contributed by atoms with Crippen LogP contribution < -0.4 is 26.0 Å². The number of methoxy groups -OCH3 is 2. The molecular formula is C21H21N3O7. The van der Waals surface area contributed by atoms with E-state index in [1.165, 1.54) is 20.3 Å². The van der Waals surface area contributed by atoms with Crippen LogP contribution in [0.3, 0.4) is 0 Å². The summed E-state index contributed by atoms with van der Waals surface area (Å²) in [5.74, 6) is -0.210. The molecule has 3 aromatic rings. The van der Waals surface area contributed by atoms with Crippen LogP contribution in [-0.2, 0) is 27.4 Å². The lowest BCUT2D eigenvalue weighted by Gasteiger charge is -2.11. The third kappa shape index (κ3) is 5.10. The van der Waals surface area contributed by atoms with E-state index in [2.05, 4.69) is 10.3 Å². The molecule has 2 N–H and O–H groups in total. The second kappa shape index (κ2) is 9.61. The van der Waals surface area contributed by atoms with Gasteiger partial charge >= 0.3 is 11.7 Å². The summed E-state index contributed by atoms with van der Waals surface area (Å²) in [4.78, 5) is 50.3. The zero-order valence-corrected chi connectivity index (χ0v) is 17.0. The maximum Gasteiger partial charge on any atom is 0.329 e. The number of amides is 1. The Labute approximate surface area is 176 Å². The second-order valence-corrected chi connectivity index (χ2v) is 6.49. The number of nitrogens with zero attached hydrogens (tertiary/aromatic N) is 1. The molecule has 0 saturated carbocycles. The van der Waals surface area contributed by atoms with Gasteiger partial charge in [0.05, 0.1) is 25.1 Å². The van der Waals surface area contributed by atoms with E-state index in [1.807, 2.05) is 0 Å². The molecular weight excluding hydrogens is 406 g/mol. The van der Waals surface area contributed by atoms with Gasteiger partial charge < -0.3 is 19.5 Å². The summed E-state index contributed by atoms with van der Waals surface area (Å²) in [6.07, 6.45) is 0. The smallest absolute Gasteiger partial charge is 0.329 e. The van der Waals surface area contributed by atoms with Crippen LogP contribution in [0.2, 0.25) is 0 Å². The zero-order chi connectivity index (χ0) is 22.4. The van der Waals surface area contributed by atoms with Crippen LogP contribution in [0.4, 0.5) is 0 Å². The molecule has 10 heteroatoms. The molecule has 162 valence electrons. The lowest BCUT2D eigenvalue weighted by Crippen LogP contribution is -2.34. The fourth-order valence-corrected chi connectivity index (χ4v) is 2.96. The van der Waals surface area contributed by atoms with Crippen LogP contribution in [0, 0.1) is 0 Å². The lowest BCUT2D eigenvalue weighted by atomic mass is 10.2. The topological polar surface area (TPSA) is 129 Å². The van der Waals surface area contributed by atoms with Gasteiger partial charge in [-0.1, -0.05) is 18.2 Å². The highest BCUT2D eigenvalue weighted by Gasteiger charge is 2.13. The average Bonchev–Trinajstić information content (AvgIpc) is 2.78. The standard InChI is InChI=1S/C21H21N3O7/c1-29-16-8-7-13(9-17(16)30-2)10-22-18(25)12-31-19(26)11-24-15-6-4-3-5-14(15)20(27)23-21(24)28/h3-9H,10-12H2,1-2H3,(H,22,25)(H,23,27,28). The Hall–Kier alpha value is -4.08. The summed E-state index contributed by atoms with van der Waals surface area (Å²) in [5, 5.41) is 2.89. The predicted molar refractivity (Wildman–Crippen MR) is 111 cm³/mol. The first-order valence-electron chi connectivity index (χ1n) is 9.28. The summed E-state index contributed by atoms with van der Waals surface area (Å²) in [5.41, 5.74) is -0.215. The number of rotatable bonds is 8. The van der Waals surface area contributed by atoms with Crippen molar-refractivity contribution in [3.05, 3.63) is 68.9 Å². The van der Waals surface area contributed by atoms with Gasteiger partial charge in [0.2, 0.25) is 0 Å². The molecule has 0 aliphatic heterocycles. The number of nitrogens with one attached hydrogen (secondary N) is 2. The fraction of sp³-hybridized carbons (Fsp3) is 0.238. The number of hydrogen-bond acceptors (Lipinski definition) is 7. The van der Waals surface area contributed by atoms with Crippen LogP contribution in [0.5, 0.6) is 11.5 Å². The highest BCUT2D eigenvalue weighted by Crippen LogP contribution is 2.27. The number of aromatic nitrogens is 2. The number of aromatic amines is 1. The van der Waals surface area contributed by atoms with Crippen molar-refractivity contribution in [1.82, 2.24) is 14.9 Å². The number of benzene rings is 2. The molecule has 0 aliphatic carbocycles. The van der Waals surface area contributed by atoms with Crippen molar-refractivity contribution < 1.29 is 23.8 Å². The van der Waals surface area contributed by atoms with E-state index in [0.717, 1.165) is 10.1 Å². The number of esters is 1. The number of hydrogen-bond donors (Lipinski definition) is 2. The quantitative estimate of drug-likeness (QED) is 0.503. The predicted octanol–water partition coefficient (Wildman–Crippen LogP) is 0.567. The molecule has 31 heavy (non-hydrogen) atoms. The molecule has 1 aromatic heterocycles. The van der Waals surface area contributed by atoms with E-state index in [9.17, 15) is 19.2 Å². The van der Waals surface area contributed by atoms with Gasteiger partial charge in [-0.15, -0.1) is 0 Å². The zero-order valence-electron chi connectivity index (χ0n) is 17.0. The van der Waals surface area contributed by atoms with Crippen LogP contribution in [0.15, 0.2) is 52.1 Å². The van der Waals surface area contributed by atoms with Gasteiger partial charge in [-0.2, -0.15) is 0 Å². The summed E-state index contributed by atoms with van der Waals surface area (Å²) in [6.45, 7) is -0.762. The number of para-hydroxylation sites is 1. The molecule has 3 rings (SSSR count). The van der Waals surface area contributed by atoms with Crippen LogP contribution >= 0.6 is 0 Å². The van der Waals surface area contributed by atoms with Gasteiger partial charge in [0.1, 0.15) is 6.54 Å². The Bertz CT molecular complexity index is 1230. The van der Waals surface area contributed by atoms with Crippen LogP contribution in [0.1, 0.15) is 5.56 Å². The minimum atomic E-state index is -0.791. The Morgan fingerprint density at radius 1 is 1.03 bits per heavy atom.